The molecule has 130 valence electrons. The SMILES string of the molecule is CN1Cc2c(Cl)cc(Cl)cc2C(c2ccc3c(c2)S(=O)(=O)NC=C3)C1. The molecule has 1 unspecified atom stereocenters. The van der Waals surface area contributed by atoms with E-state index in [-0.39, 0.29) is 5.92 Å². The second-order valence-electron chi connectivity index (χ2n) is 6.46. The molecular formula is C18H16Cl2N2O2S. The highest BCUT2D eigenvalue weighted by Crippen LogP contribution is 2.39. The Morgan fingerprint density at radius 2 is 2.00 bits per heavy atom. The minimum absolute atomic E-state index is 0.0105. The number of rotatable bonds is 1. The Morgan fingerprint density at radius 1 is 1.20 bits per heavy atom. The largest absolute Gasteiger partial charge is 0.301 e. The molecule has 2 aromatic rings. The van der Waals surface area contributed by atoms with E-state index in [1.807, 2.05) is 25.2 Å². The van der Waals surface area contributed by atoms with Gasteiger partial charge in [0, 0.05) is 35.3 Å². The Morgan fingerprint density at radius 3 is 2.80 bits per heavy atom. The van der Waals surface area contributed by atoms with Crippen LogP contribution in [0.5, 0.6) is 0 Å². The number of fused-ring (bicyclic) bond motifs is 2. The van der Waals surface area contributed by atoms with Gasteiger partial charge in [-0.3, -0.25) is 4.72 Å². The van der Waals surface area contributed by atoms with Crippen molar-refractivity contribution in [1.82, 2.24) is 9.62 Å². The normalized spacial score (nSPS) is 21.3. The molecule has 0 spiro atoms. The minimum atomic E-state index is -3.51. The Hall–Kier alpha value is -1.53. The molecule has 0 radical (unpaired) electrons. The van der Waals surface area contributed by atoms with Gasteiger partial charge < -0.3 is 4.90 Å². The summed E-state index contributed by atoms with van der Waals surface area (Å²) >= 11 is 12.6. The number of likely N-dealkylation sites (N-methyl/N-ethyl adjacent to an activating group) is 1. The first-order chi connectivity index (χ1) is 11.8. The third kappa shape index (κ3) is 2.95. The first-order valence-electron chi connectivity index (χ1n) is 7.84. The van der Waals surface area contributed by atoms with E-state index in [4.69, 9.17) is 23.2 Å². The number of halogens is 2. The lowest BCUT2D eigenvalue weighted by Gasteiger charge is -2.33. The van der Waals surface area contributed by atoms with Crippen molar-refractivity contribution in [3.63, 3.8) is 0 Å². The van der Waals surface area contributed by atoms with Crippen LogP contribution in [0.3, 0.4) is 0 Å². The summed E-state index contributed by atoms with van der Waals surface area (Å²) in [6.45, 7) is 1.52. The molecule has 2 aliphatic heterocycles. The highest BCUT2D eigenvalue weighted by atomic mass is 35.5. The van der Waals surface area contributed by atoms with Gasteiger partial charge in [0.05, 0.1) is 4.90 Å². The van der Waals surface area contributed by atoms with Crippen molar-refractivity contribution in [1.29, 1.82) is 0 Å². The van der Waals surface area contributed by atoms with Gasteiger partial charge in [-0.25, -0.2) is 8.42 Å². The molecule has 0 fully saturated rings. The molecule has 1 N–H and O–H groups in total. The first-order valence-corrected chi connectivity index (χ1v) is 10.1. The molecule has 4 rings (SSSR count). The van der Waals surface area contributed by atoms with Gasteiger partial charge in [0.2, 0.25) is 0 Å². The average Bonchev–Trinajstić information content (AvgIpc) is 2.55. The maximum Gasteiger partial charge on any atom is 0.262 e. The molecule has 25 heavy (non-hydrogen) atoms. The Balaban J connectivity index is 1.88. The number of hydrogen-bond acceptors (Lipinski definition) is 3. The predicted octanol–water partition coefficient (Wildman–Crippen LogP) is 3.83. The van der Waals surface area contributed by atoms with E-state index >= 15 is 0 Å². The van der Waals surface area contributed by atoms with Gasteiger partial charge in [-0.15, -0.1) is 0 Å². The van der Waals surface area contributed by atoms with Crippen molar-refractivity contribution in [2.45, 2.75) is 17.4 Å². The molecule has 4 nitrogen and oxygen atoms in total. The number of nitrogens with zero attached hydrogens (tertiary/aromatic N) is 1. The maximum absolute atomic E-state index is 12.3. The van der Waals surface area contributed by atoms with E-state index in [0.29, 0.717) is 20.5 Å². The Kier molecular flexibility index (Phi) is 4.07. The fourth-order valence-electron chi connectivity index (χ4n) is 3.55. The zero-order valence-corrected chi connectivity index (χ0v) is 15.8. The Bertz CT molecular complexity index is 1000. The molecule has 0 bridgehead atoms. The summed E-state index contributed by atoms with van der Waals surface area (Å²) in [6, 6.07) is 9.27. The summed E-state index contributed by atoms with van der Waals surface area (Å²) in [7, 11) is -1.48. The molecular weight excluding hydrogens is 379 g/mol. The van der Waals surface area contributed by atoms with Crippen molar-refractivity contribution in [2.24, 2.45) is 0 Å². The third-order valence-corrected chi connectivity index (χ3v) is 6.64. The van der Waals surface area contributed by atoms with Crippen LogP contribution in [0, 0.1) is 0 Å². The quantitative estimate of drug-likeness (QED) is 0.799. The highest BCUT2D eigenvalue weighted by molar-refractivity contribution is 7.89. The highest BCUT2D eigenvalue weighted by Gasteiger charge is 2.29. The van der Waals surface area contributed by atoms with Gasteiger partial charge >= 0.3 is 0 Å². The summed E-state index contributed by atoms with van der Waals surface area (Å²) in [5.41, 5.74) is 3.73. The third-order valence-electron chi connectivity index (χ3n) is 4.71. The topological polar surface area (TPSA) is 49.4 Å². The number of hydrogen-bond donors (Lipinski definition) is 1. The van der Waals surface area contributed by atoms with Crippen molar-refractivity contribution in [3.05, 3.63) is 68.8 Å². The summed E-state index contributed by atoms with van der Waals surface area (Å²) in [6.07, 6.45) is 3.20. The van der Waals surface area contributed by atoms with Crippen LogP contribution < -0.4 is 4.72 Å². The van der Waals surface area contributed by atoms with Crippen LogP contribution in [0.1, 0.15) is 28.2 Å². The van der Waals surface area contributed by atoms with Crippen LogP contribution in [0.2, 0.25) is 10.0 Å². The lowest BCUT2D eigenvalue weighted by Crippen LogP contribution is -2.31. The predicted molar refractivity (Wildman–Crippen MR) is 100 cm³/mol. The van der Waals surface area contributed by atoms with Crippen molar-refractivity contribution in [3.8, 4) is 0 Å². The fourth-order valence-corrected chi connectivity index (χ4v) is 5.23. The standard InChI is InChI=1S/C18H16Cl2N2O2S/c1-22-9-15(14-7-13(19)8-17(20)16(14)10-22)12-3-2-11-4-5-21-25(23,24)18(11)6-12/h2-8,15,21H,9-10H2,1H3. The van der Waals surface area contributed by atoms with E-state index < -0.39 is 10.0 Å². The van der Waals surface area contributed by atoms with Crippen molar-refractivity contribution < 1.29 is 8.42 Å². The number of nitrogens with one attached hydrogen (secondary N) is 1. The molecule has 2 aliphatic rings. The second kappa shape index (κ2) is 6.02. The van der Waals surface area contributed by atoms with Crippen LogP contribution >= 0.6 is 23.2 Å². The van der Waals surface area contributed by atoms with E-state index in [1.54, 1.807) is 18.2 Å². The van der Waals surface area contributed by atoms with E-state index in [9.17, 15) is 8.42 Å². The van der Waals surface area contributed by atoms with Gasteiger partial charge in [-0.1, -0.05) is 35.3 Å². The first kappa shape index (κ1) is 16.9. The van der Waals surface area contributed by atoms with Gasteiger partial charge in [-0.2, -0.15) is 0 Å². The zero-order valence-electron chi connectivity index (χ0n) is 13.5. The molecule has 0 aromatic heterocycles. The van der Waals surface area contributed by atoms with Gasteiger partial charge in [-0.05, 0) is 53.6 Å². The molecule has 7 heteroatoms. The lowest BCUT2D eigenvalue weighted by molar-refractivity contribution is 0.295. The Labute approximate surface area is 157 Å². The van der Waals surface area contributed by atoms with E-state index in [2.05, 4.69) is 9.62 Å². The lowest BCUT2D eigenvalue weighted by atomic mass is 9.84. The zero-order chi connectivity index (χ0) is 17.8. The molecule has 0 amide bonds. The summed E-state index contributed by atoms with van der Waals surface area (Å²) in [5.74, 6) is 0.0105. The maximum atomic E-state index is 12.3. The van der Waals surface area contributed by atoms with Crippen molar-refractivity contribution >= 4 is 39.3 Å². The molecule has 1 atom stereocenters. The number of sulfonamides is 1. The molecule has 0 aliphatic carbocycles. The average molecular weight is 395 g/mol. The fraction of sp³-hybridized carbons (Fsp3) is 0.222. The monoisotopic (exact) mass is 394 g/mol. The van der Waals surface area contributed by atoms with Gasteiger partial charge in [0.1, 0.15) is 0 Å². The molecule has 0 saturated heterocycles. The second-order valence-corrected chi connectivity index (χ2v) is 8.98. The van der Waals surface area contributed by atoms with Gasteiger partial charge in [0.15, 0.2) is 0 Å². The summed E-state index contributed by atoms with van der Waals surface area (Å²) in [5, 5.41) is 1.24. The van der Waals surface area contributed by atoms with Crippen molar-refractivity contribution in [2.75, 3.05) is 13.6 Å². The van der Waals surface area contributed by atoms with E-state index in [0.717, 1.165) is 29.8 Å². The molecule has 2 heterocycles. The smallest absolute Gasteiger partial charge is 0.262 e. The molecule has 0 saturated carbocycles. The molecule has 2 aromatic carbocycles. The van der Waals surface area contributed by atoms with Crippen LogP contribution in [-0.4, -0.2) is 26.9 Å². The van der Waals surface area contributed by atoms with E-state index in [1.165, 1.54) is 6.20 Å². The van der Waals surface area contributed by atoms with Crippen LogP contribution in [0.25, 0.3) is 6.08 Å². The number of benzene rings is 2. The van der Waals surface area contributed by atoms with Crippen LogP contribution in [-0.2, 0) is 16.6 Å². The summed E-state index contributed by atoms with van der Waals surface area (Å²) < 4.78 is 27.1. The van der Waals surface area contributed by atoms with Gasteiger partial charge in [0.25, 0.3) is 10.0 Å². The summed E-state index contributed by atoms with van der Waals surface area (Å²) in [4.78, 5) is 2.48. The van der Waals surface area contributed by atoms with Crippen LogP contribution in [0.4, 0.5) is 0 Å². The minimum Gasteiger partial charge on any atom is -0.301 e. The van der Waals surface area contributed by atoms with Crippen LogP contribution in [0.15, 0.2) is 41.4 Å².